The van der Waals surface area contributed by atoms with E-state index in [0.717, 1.165) is 13.0 Å². The van der Waals surface area contributed by atoms with Crippen LogP contribution in [0.25, 0.3) is 11.1 Å². The summed E-state index contributed by atoms with van der Waals surface area (Å²) in [6.45, 7) is 1.07. The number of rotatable bonds is 0. The van der Waals surface area contributed by atoms with Gasteiger partial charge in [-0.1, -0.05) is 18.2 Å². The van der Waals surface area contributed by atoms with Crippen LogP contribution in [0.2, 0.25) is 0 Å². The molecule has 3 aliphatic heterocycles. The minimum Gasteiger partial charge on any atom is -0.340 e. The molecule has 112 valence electrons. The van der Waals surface area contributed by atoms with Crippen LogP contribution < -0.4 is 9.80 Å². The maximum atomic E-state index is 4.74. The molecule has 0 saturated carbocycles. The zero-order valence-corrected chi connectivity index (χ0v) is 13.7. The number of para-hydroxylation sites is 1. The number of likely N-dealkylation sites (N-methyl/N-ethyl adjacent to an activating group) is 1. The van der Waals surface area contributed by atoms with Gasteiger partial charge in [-0.15, -0.1) is 11.3 Å². The Morgan fingerprint density at radius 3 is 3.17 bits per heavy atom. The van der Waals surface area contributed by atoms with Crippen molar-refractivity contribution in [3.05, 3.63) is 69.5 Å². The van der Waals surface area contributed by atoms with Gasteiger partial charge < -0.3 is 9.80 Å². The molecule has 1 aromatic heterocycles. The summed E-state index contributed by atoms with van der Waals surface area (Å²) in [7, 11) is 2.26. The van der Waals surface area contributed by atoms with Crippen LogP contribution in [0.5, 0.6) is 0 Å². The van der Waals surface area contributed by atoms with Gasteiger partial charge in [0.15, 0.2) is 6.04 Å². The minimum absolute atomic E-state index is 0.394. The summed E-state index contributed by atoms with van der Waals surface area (Å²) in [6.07, 6.45) is 5.74. The molecule has 0 bridgehead atoms. The van der Waals surface area contributed by atoms with Crippen LogP contribution in [0, 0.1) is 0 Å². The standard InChI is InChI=1S/C19H15N3S/c1-21-8-6-12-11-4-2-3-5-14(11)22-9-7-13-16-19(23-10-20-16)18(21)15(12)17(13)22/h2-6,8,10,18H,7,9H2,1H3/p+1. The number of aromatic nitrogens is 1. The fourth-order valence-electron chi connectivity index (χ4n) is 4.64. The zero-order valence-electron chi connectivity index (χ0n) is 12.8. The number of hydrogen-bond acceptors (Lipinski definition) is 3. The van der Waals surface area contributed by atoms with Gasteiger partial charge in [0, 0.05) is 34.5 Å². The summed E-state index contributed by atoms with van der Waals surface area (Å²) in [5.41, 5.74) is 11.9. The van der Waals surface area contributed by atoms with Gasteiger partial charge in [-0.25, -0.2) is 4.98 Å². The molecule has 2 atom stereocenters. The SMILES string of the molecule is C[NH+]1C=CC2=C3C4=C(CCN4c4ccccc42)c2ncsc2C31. The largest absolute Gasteiger partial charge is 0.340 e. The number of nitrogens with one attached hydrogen (secondary N) is 1. The second-order valence-electron chi connectivity index (χ2n) is 6.65. The normalized spacial score (nSPS) is 26.4. The number of hydrogen-bond donors (Lipinski definition) is 1. The molecular formula is C19H16N3S+. The van der Waals surface area contributed by atoms with Gasteiger partial charge in [0.05, 0.1) is 35.0 Å². The maximum absolute atomic E-state index is 4.74. The molecule has 0 saturated heterocycles. The molecule has 0 radical (unpaired) electrons. The summed E-state index contributed by atoms with van der Waals surface area (Å²) in [6, 6.07) is 9.25. The molecule has 1 N–H and O–H groups in total. The highest BCUT2D eigenvalue weighted by atomic mass is 32.1. The third kappa shape index (κ3) is 1.33. The van der Waals surface area contributed by atoms with Crippen molar-refractivity contribution in [3.8, 4) is 0 Å². The van der Waals surface area contributed by atoms with Crippen molar-refractivity contribution in [3.63, 3.8) is 0 Å². The molecule has 3 nitrogen and oxygen atoms in total. The second-order valence-corrected chi connectivity index (χ2v) is 7.54. The lowest BCUT2D eigenvalue weighted by molar-refractivity contribution is -0.853. The third-order valence-electron chi connectivity index (χ3n) is 5.57. The molecule has 6 rings (SSSR count). The van der Waals surface area contributed by atoms with E-state index in [1.807, 2.05) is 16.8 Å². The molecule has 4 heteroatoms. The first-order valence-corrected chi connectivity index (χ1v) is 9.02. The number of allylic oxidation sites excluding steroid dienone is 2. The fraction of sp³-hybridized carbons (Fsp3) is 0.211. The summed E-state index contributed by atoms with van der Waals surface area (Å²) in [4.78, 5) is 10.2. The third-order valence-corrected chi connectivity index (χ3v) is 6.47. The Labute approximate surface area is 138 Å². The Balaban J connectivity index is 1.78. The van der Waals surface area contributed by atoms with Gasteiger partial charge >= 0.3 is 0 Å². The molecule has 2 unspecified atom stereocenters. The molecule has 4 aliphatic rings. The molecule has 1 aromatic carbocycles. The molecular weight excluding hydrogens is 302 g/mol. The topological polar surface area (TPSA) is 20.6 Å². The van der Waals surface area contributed by atoms with Gasteiger partial charge in [0.2, 0.25) is 0 Å². The zero-order chi connectivity index (χ0) is 15.1. The molecule has 0 amide bonds. The number of fused-ring (bicyclic) bond motifs is 6. The smallest absolute Gasteiger partial charge is 0.157 e. The van der Waals surface area contributed by atoms with E-state index in [-0.39, 0.29) is 0 Å². The first-order chi connectivity index (χ1) is 11.3. The van der Waals surface area contributed by atoms with Crippen LogP contribution in [0.1, 0.15) is 28.6 Å². The van der Waals surface area contributed by atoms with Crippen molar-refractivity contribution in [2.45, 2.75) is 12.5 Å². The lowest BCUT2D eigenvalue weighted by Gasteiger charge is -2.40. The Morgan fingerprint density at radius 1 is 1.30 bits per heavy atom. The second kappa shape index (κ2) is 4.02. The van der Waals surface area contributed by atoms with E-state index in [0.29, 0.717) is 6.04 Å². The van der Waals surface area contributed by atoms with E-state index in [1.54, 1.807) is 0 Å². The highest BCUT2D eigenvalue weighted by molar-refractivity contribution is 7.10. The van der Waals surface area contributed by atoms with Crippen LogP contribution in [0.15, 0.2) is 53.3 Å². The van der Waals surface area contributed by atoms with E-state index < -0.39 is 0 Å². The Kier molecular flexibility index (Phi) is 2.14. The van der Waals surface area contributed by atoms with Crippen molar-refractivity contribution < 1.29 is 4.90 Å². The summed E-state index contributed by atoms with van der Waals surface area (Å²) < 4.78 is 0. The molecule has 1 aliphatic carbocycles. The molecule has 23 heavy (non-hydrogen) atoms. The summed E-state index contributed by atoms with van der Waals surface area (Å²) in [5, 5.41) is 0. The average Bonchev–Trinajstić information content (AvgIpc) is 3.22. The van der Waals surface area contributed by atoms with Crippen molar-refractivity contribution in [1.82, 2.24) is 4.98 Å². The number of anilines is 1. The summed E-state index contributed by atoms with van der Waals surface area (Å²) >= 11 is 1.82. The van der Waals surface area contributed by atoms with Gasteiger partial charge in [-0.3, -0.25) is 0 Å². The van der Waals surface area contributed by atoms with Crippen LogP contribution in [-0.4, -0.2) is 18.6 Å². The fourth-order valence-corrected chi connectivity index (χ4v) is 5.64. The van der Waals surface area contributed by atoms with Crippen LogP contribution >= 0.6 is 11.3 Å². The Bertz CT molecular complexity index is 962. The number of thiazole rings is 1. The first kappa shape index (κ1) is 12.3. The molecule has 0 spiro atoms. The lowest BCUT2D eigenvalue weighted by Crippen LogP contribution is -3.05. The van der Waals surface area contributed by atoms with Crippen LogP contribution in [0.3, 0.4) is 0 Å². The van der Waals surface area contributed by atoms with E-state index >= 15 is 0 Å². The van der Waals surface area contributed by atoms with Crippen LogP contribution in [-0.2, 0) is 0 Å². The first-order valence-electron chi connectivity index (χ1n) is 8.14. The number of benzene rings is 1. The van der Waals surface area contributed by atoms with Crippen molar-refractivity contribution >= 4 is 28.2 Å². The van der Waals surface area contributed by atoms with E-state index in [1.165, 1.54) is 49.1 Å². The number of quaternary nitrogens is 1. The Morgan fingerprint density at radius 2 is 2.22 bits per heavy atom. The Hall–Kier alpha value is -2.17. The minimum atomic E-state index is 0.394. The van der Waals surface area contributed by atoms with E-state index in [9.17, 15) is 0 Å². The van der Waals surface area contributed by atoms with Crippen molar-refractivity contribution in [2.24, 2.45) is 0 Å². The van der Waals surface area contributed by atoms with E-state index in [2.05, 4.69) is 48.5 Å². The quantitative estimate of drug-likeness (QED) is 0.806. The van der Waals surface area contributed by atoms with Crippen molar-refractivity contribution in [1.29, 1.82) is 0 Å². The maximum Gasteiger partial charge on any atom is 0.157 e. The van der Waals surface area contributed by atoms with Gasteiger partial charge in [0.1, 0.15) is 0 Å². The van der Waals surface area contributed by atoms with Crippen LogP contribution in [0.4, 0.5) is 5.69 Å². The highest BCUT2D eigenvalue weighted by Gasteiger charge is 2.47. The predicted molar refractivity (Wildman–Crippen MR) is 93.1 cm³/mol. The lowest BCUT2D eigenvalue weighted by atomic mass is 9.80. The summed E-state index contributed by atoms with van der Waals surface area (Å²) in [5.74, 6) is 0. The molecule has 0 fully saturated rings. The highest BCUT2D eigenvalue weighted by Crippen LogP contribution is 2.54. The monoisotopic (exact) mass is 318 g/mol. The predicted octanol–water partition coefficient (Wildman–Crippen LogP) is 2.63. The molecule has 4 heterocycles. The van der Waals surface area contributed by atoms with Crippen molar-refractivity contribution in [2.75, 3.05) is 18.5 Å². The van der Waals surface area contributed by atoms with Gasteiger partial charge in [-0.2, -0.15) is 0 Å². The molecule has 2 aromatic rings. The van der Waals surface area contributed by atoms with E-state index in [4.69, 9.17) is 4.98 Å². The number of nitrogens with zero attached hydrogens (tertiary/aromatic N) is 2. The van der Waals surface area contributed by atoms with Gasteiger partial charge in [0.25, 0.3) is 0 Å². The van der Waals surface area contributed by atoms with Gasteiger partial charge in [-0.05, 0) is 18.6 Å². The average molecular weight is 318 g/mol.